The van der Waals surface area contributed by atoms with E-state index in [4.69, 9.17) is 0 Å². The summed E-state index contributed by atoms with van der Waals surface area (Å²) in [5, 5.41) is 3.53. The van der Waals surface area contributed by atoms with Gasteiger partial charge in [0.1, 0.15) is 0 Å². The van der Waals surface area contributed by atoms with Crippen LogP contribution in [-0.4, -0.2) is 44.4 Å². The molecule has 2 N–H and O–H groups in total. The van der Waals surface area contributed by atoms with Gasteiger partial charge in [-0.2, -0.15) is 17.4 Å². The normalized spacial score (nSPS) is 29.4. The second-order valence-electron chi connectivity index (χ2n) is 6.09. The van der Waals surface area contributed by atoms with Crippen molar-refractivity contribution in [2.45, 2.75) is 70.4 Å². The first-order valence-electron chi connectivity index (χ1n) is 8.12. The van der Waals surface area contributed by atoms with Gasteiger partial charge in [-0.1, -0.05) is 13.3 Å². The van der Waals surface area contributed by atoms with Crippen LogP contribution < -0.4 is 10.0 Å². The van der Waals surface area contributed by atoms with Crippen molar-refractivity contribution in [1.82, 2.24) is 14.3 Å². The van der Waals surface area contributed by atoms with Gasteiger partial charge in [0, 0.05) is 25.2 Å². The first-order chi connectivity index (χ1) is 9.62. The third kappa shape index (κ3) is 4.69. The second kappa shape index (κ2) is 7.73. The molecule has 1 saturated heterocycles. The van der Waals surface area contributed by atoms with Crippen molar-refractivity contribution >= 4 is 10.2 Å². The molecule has 2 rings (SSSR count). The highest BCUT2D eigenvalue weighted by Gasteiger charge is 2.29. The van der Waals surface area contributed by atoms with Gasteiger partial charge in [0.2, 0.25) is 0 Å². The Balaban J connectivity index is 1.76. The van der Waals surface area contributed by atoms with E-state index >= 15 is 0 Å². The lowest BCUT2D eigenvalue weighted by Crippen LogP contribution is -2.49. The SMILES string of the molecule is CCCNC1CCC(NS(=O)(=O)N2CCCCC2)CC1. The monoisotopic (exact) mass is 303 g/mol. The molecule has 0 aromatic heterocycles. The Morgan fingerprint density at radius 2 is 1.60 bits per heavy atom. The Morgan fingerprint density at radius 1 is 1.00 bits per heavy atom. The minimum absolute atomic E-state index is 0.126. The molecule has 1 aliphatic heterocycles. The zero-order valence-electron chi connectivity index (χ0n) is 12.6. The second-order valence-corrected chi connectivity index (χ2v) is 7.79. The van der Waals surface area contributed by atoms with Crippen molar-refractivity contribution in [3.63, 3.8) is 0 Å². The van der Waals surface area contributed by atoms with Crippen LogP contribution in [0.3, 0.4) is 0 Å². The predicted molar refractivity (Wildman–Crippen MR) is 81.8 cm³/mol. The molecule has 0 spiro atoms. The maximum Gasteiger partial charge on any atom is 0.279 e. The van der Waals surface area contributed by atoms with Gasteiger partial charge >= 0.3 is 0 Å². The highest BCUT2D eigenvalue weighted by Crippen LogP contribution is 2.20. The molecular weight excluding hydrogens is 274 g/mol. The Labute approximate surface area is 123 Å². The Hall–Kier alpha value is -0.170. The number of nitrogens with zero attached hydrogens (tertiary/aromatic N) is 1. The fraction of sp³-hybridized carbons (Fsp3) is 1.00. The lowest BCUT2D eigenvalue weighted by Gasteiger charge is -2.32. The summed E-state index contributed by atoms with van der Waals surface area (Å²) in [5.74, 6) is 0. The van der Waals surface area contributed by atoms with Gasteiger partial charge in [-0.05, 0) is 51.5 Å². The number of hydrogen-bond acceptors (Lipinski definition) is 3. The minimum atomic E-state index is -3.25. The summed E-state index contributed by atoms with van der Waals surface area (Å²) in [4.78, 5) is 0. The van der Waals surface area contributed by atoms with Crippen LogP contribution in [0, 0.1) is 0 Å². The highest BCUT2D eigenvalue weighted by atomic mass is 32.2. The van der Waals surface area contributed by atoms with Gasteiger partial charge < -0.3 is 5.32 Å². The van der Waals surface area contributed by atoms with E-state index in [0.29, 0.717) is 19.1 Å². The van der Waals surface area contributed by atoms with Gasteiger partial charge in [0.15, 0.2) is 0 Å². The van der Waals surface area contributed by atoms with E-state index < -0.39 is 10.2 Å². The van der Waals surface area contributed by atoms with E-state index in [1.807, 2.05) is 0 Å². The molecule has 0 bridgehead atoms. The van der Waals surface area contributed by atoms with Crippen LogP contribution in [0.25, 0.3) is 0 Å². The summed E-state index contributed by atoms with van der Waals surface area (Å²) >= 11 is 0. The molecule has 1 aliphatic carbocycles. The zero-order chi connectivity index (χ0) is 14.4. The average molecular weight is 303 g/mol. The van der Waals surface area contributed by atoms with Gasteiger partial charge in [-0.3, -0.25) is 0 Å². The first kappa shape index (κ1) is 16.2. The van der Waals surface area contributed by atoms with Crippen LogP contribution in [0.1, 0.15) is 58.3 Å². The Morgan fingerprint density at radius 3 is 2.20 bits per heavy atom. The Bertz CT molecular complexity index is 372. The molecule has 0 atom stereocenters. The Kier molecular flexibility index (Phi) is 6.26. The van der Waals surface area contributed by atoms with Crippen LogP contribution in [0.2, 0.25) is 0 Å². The molecule has 5 nitrogen and oxygen atoms in total. The summed E-state index contributed by atoms with van der Waals surface area (Å²) < 4.78 is 29.1. The van der Waals surface area contributed by atoms with Crippen LogP contribution >= 0.6 is 0 Å². The van der Waals surface area contributed by atoms with E-state index in [9.17, 15) is 8.42 Å². The van der Waals surface area contributed by atoms with Crippen molar-refractivity contribution in [2.24, 2.45) is 0 Å². The fourth-order valence-electron chi connectivity index (χ4n) is 3.15. The minimum Gasteiger partial charge on any atom is -0.314 e. The van der Waals surface area contributed by atoms with Crippen molar-refractivity contribution in [1.29, 1.82) is 0 Å². The maximum atomic E-state index is 12.3. The zero-order valence-corrected chi connectivity index (χ0v) is 13.4. The van der Waals surface area contributed by atoms with Crippen molar-refractivity contribution in [3.05, 3.63) is 0 Å². The molecule has 0 amide bonds. The number of hydrogen-bond donors (Lipinski definition) is 2. The molecule has 1 saturated carbocycles. The fourth-order valence-corrected chi connectivity index (χ4v) is 4.70. The third-order valence-corrected chi connectivity index (χ3v) is 6.06. The average Bonchev–Trinajstić information content (AvgIpc) is 2.47. The molecule has 0 unspecified atom stereocenters. The van der Waals surface area contributed by atoms with Crippen LogP contribution in [0.15, 0.2) is 0 Å². The molecule has 0 aromatic carbocycles. The topological polar surface area (TPSA) is 61.4 Å². The van der Waals surface area contributed by atoms with E-state index in [1.165, 1.54) is 0 Å². The highest BCUT2D eigenvalue weighted by molar-refractivity contribution is 7.87. The molecule has 0 aromatic rings. The maximum absolute atomic E-state index is 12.3. The first-order valence-corrected chi connectivity index (χ1v) is 9.56. The van der Waals surface area contributed by atoms with Gasteiger partial charge in [-0.25, -0.2) is 0 Å². The van der Waals surface area contributed by atoms with Crippen molar-refractivity contribution in [3.8, 4) is 0 Å². The summed E-state index contributed by atoms with van der Waals surface area (Å²) in [6, 6.07) is 0.701. The summed E-state index contributed by atoms with van der Waals surface area (Å²) in [6.45, 7) is 4.60. The van der Waals surface area contributed by atoms with E-state index in [2.05, 4.69) is 17.0 Å². The molecule has 2 aliphatic rings. The number of rotatable bonds is 6. The molecule has 6 heteroatoms. The molecule has 1 heterocycles. The van der Waals surface area contributed by atoms with Crippen LogP contribution in [-0.2, 0) is 10.2 Å². The van der Waals surface area contributed by atoms with Gasteiger partial charge in [-0.15, -0.1) is 0 Å². The third-order valence-electron chi connectivity index (χ3n) is 4.38. The van der Waals surface area contributed by atoms with Gasteiger partial charge in [0.05, 0.1) is 0 Å². The van der Waals surface area contributed by atoms with Crippen LogP contribution in [0.4, 0.5) is 0 Å². The summed E-state index contributed by atoms with van der Waals surface area (Å²) in [7, 11) is -3.25. The smallest absolute Gasteiger partial charge is 0.279 e. The molecule has 20 heavy (non-hydrogen) atoms. The predicted octanol–water partition coefficient (Wildman–Crippen LogP) is 1.62. The van der Waals surface area contributed by atoms with Gasteiger partial charge in [0.25, 0.3) is 10.2 Å². The summed E-state index contributed by atoms with van der Waals surface area (Å²) in [5.41, 5.74) is 0. The standard InChI is InChI=1S/C14H29N3O2S/c1-2-10-15-13-6-8-14(9-7-13)16-20(18,19)17-11-4-3-5-12-17/h13-16H,2-12H2,1H3. The number of nitrogens with one attached hydrogen (secondary N) is 2. The summed E-state index contributed by atoms with van der Waals surface area (Å²) in [6.07, 6.45) is 8.36. The lowest BCUT2D eigenvalue weighted by molar-refractivity contribution is 0.309. The lowest BCUT2D eigenvalue weighted by atomic mass is 9.92. The molecule has 2 fully saturated rings. The quantitative estimate of drug-likeness (QED) is 0.784. The van der Waals surface area contributed by atoms with E-state index in [1.54, 1.807) is 4.31 Å². The van der Waals surface area contributed by atoms with E-state index in [0.717, 1.165) is 57.9 Å². The number of piperidine rings is 1. The largest absolute Gasteiger partial charge is 0.314 e. The van der Waals surface area contributed by atoms with Crippen molar-refractivity contribution in [2.75, 3.05) is 19.6 Å². The molecule has 0 radical (unpaired) electrons. The molecular formula is C14H29N3O2S. The molecule has 118 valence electrons. The van der Waals surface area contributed by atoms with E-state index in [-0.39, 0.29) is 6.04 Å². The van der Waals surface area contributed by atoms with Crippen molar-refractivity contribution < 1.29 is 8.42 Å². The van der Waals surface area contributed by atoms with Crippen LogP contribution in [0.5, 0.6) is 0 Å².